The fourth-order valence-corrected chi connectivity index (χ4v) is 1.92. The van der Waals surface area contributed by atoms with Gasteiger partial charge in [-0.25, -0.2) is 0 Å². The van der Waals surface area contributed by atoms with Crippen LogP contribution in [0.4, 0.5) is 0 Å². The summed E-state index contributed by atoms with van der Waals surface area (Å²) >= 11 is 0. The maximum Gasteiger partial charge on any atom is 0.251 e. The Morgan fingerprint density at radius 1 is 1.00 bits per heavy atom. The maximum atomic E-state index is 12.1. The fourth-order valence-electron chi connectivity index (χ4n) is 1.92. The zero-order chi connectivity index (χ0) is 14.4. The van der Waals surface area contributed by atoms with E-state index >= 15 is 0 Å². The number of benzene rings is 2. The molecule has 3 N–H and O–H groups in total. The highest BCUT2D eigenvalue weighted by atomic mass is 16.3. The van der Waals surface area contributed by atoms with Crippen LogP contribution in [0, 0.1) is 0 Å². The second-order valence-electron chi connectivity index (χ2n) is 4.47. The van der Waals surface area contributed by atoms with Gasteiger partial charge in [0.2, 0.25) is 0 Å². The first-order chi connectivity index (χ1) is 9.74. The van der Waals surface area contributed by atoms with Crippen molar-refractivity contribution in [3.05, 3.63) is 71.3 Å². The molecular formula is C16H17NO3. The molecule has 0 heterocycles. The van der Waals surface area contributed by atoms with Gasteiger partial charge in [0.05, 0.1) is 19.3 Å². The summed E-state index contributed by atoms with van der Waals surface area (Å²) < 4.78 is 0. The van der Waals surface area contributed by atoms with Crippen molar-refractivity contribution in [1.82, 2.24) is 5.32 Å². The van der Waals surface area contributed by atoms with Gasteiger partial charge in [-0.1, -0.05) is 42.5 Å². The molecule has 0 unspecified atom stereocenters. The number of hydrogen-bond acceptors (Lipinski definition) is 3. The predicted molar refractivity (Wildman–Crippen MR) is 76.1 cm³/mol. The first-order valence-electron chi connectivity index (χ1n) is 6.41. The largest absolute Gasteiger partial charge is 0.394 e. The zero-order valence-electron chi connectivity index (χ0n) is 11.0. The van der Waals surface area contributed by atoms with Crippen LogP contribution in [0.3, 0.4) is 0 Å². The average molecular weight is 271 g/mol. The third-order valence-corrected chi connectivity index (χ3v) is 3.09. The Balaban J connectivity index is 2.09. The second kappa shape index (κ2) is 6.84. The van der Waals surface area contributed by atoms with E-state index in [1.807, 2.05) is 30.3 Å². The summed E-state index contributed by atoms with van der Waals surface area (Å²) in [5.41, 5.74) is 2.11. The number of hydrogen-bond donors (Lipinski definition) is 3. The van der Waals surface area contributed by atoms with E-state index in [-0.39, 0.29) is 19.1 Å². The smallest absolute Gasteiger partial charge is 0.251 e. The van der Waals surface area contributed by atoms with E-state index in [0.29, 0.717) is 5.56 Å². The average Bonchev–Trinajstić information content (AvgIpc) is 2.53. The number of aliphatic hydroxyl groups is 2. The van der Waals surface area contributed by atoms with E-state index in [0.717, 1.165) is 11.1 Å². The van der Waals surface area contributed by atoms with Gasteiger partial charge in [0.1, 0.15) is 0 Å². The highest BCUT2D eigenvalue weighted by Gasteiger charge is 2.14. The van der Waals surface area contributed by atoms with Crippen LogP contribution >= 0.6 is 0 Å². The lowest BCUT2D eigenvalue weighted by molar-refractivity contribution is 0.0916. The predicted octanol–water partition coefficient (Wildman–Crippen LogP) is 1.64. The molecule has 1 amide bonds. The van der Waals surface area contributed by atoms with Crippen molar-refractivity contribution in [2.24, 2.45) is 0 Å². The highest BCUT2D eigenvalue weighted by Crippen LogP contribution is 2.13. The Morgan fingerprint density at radius 2 is 1.65 bits per heavy atom. The van der Waals surface area contributed by atoms with E-state index in [2.05, 4.69) is 5.32 Å². The molecule has 0 saturated heterocycles. The molecule has 2 aromatic carbocycles. The van der Waals surface area contributed by atoms with Gasteiger partial charge >= 0.3 is 0 Å². The van der Waals surface area contributed by atoms with Crippen molar-refractivity contribution < 1.29 is 15.0 Å². The van der Waals surface area contributed by atoms with Crippen LogP contribution in [0.1, 0.15) is 27.5 Å². The standard InChI is InChI=1S/C16H17NO3/c18-10-12-6-8-14(9-7-12)16(20)17-15(11-19)13-4-2-1-3-5-13/h1-9,15,18-19H,10-11H2,(H,17,20)/t15-/m1/s1. The van der Waals surface area contributed by atoms with Crippen LogP contribution in [-0.2, 0) is 6.61 Å². The fraction of sp³-hybridized carbons (Fsp3) is 0.188. The van der Waals surface area contributed by atoms with Gasteiger partial charge in [-0.3, -0.25) is 4.79 Å². The number of aliphatic hydroxyl groups excluding tert-OH is 2. The molecule has 2 aromatic rings. The van der Waals surface area contributed by atoms with E-state index in [1.54, 1.807) is 24.3 Å². The number of carbonyl (C=O) groups is 1. The van der Waals surface area contributed by atoms with Gasteiger partial charge in [-0.05, 0) is 23.3 Å². The number of amides is 1. The van der Waals surface area contributed by atoms with Crippen LogP contribution in [0.5, 0.6) is 0 Å². The molecule has 2 rings (SSSR count). The number of nitrogens with one attached hydrogen (secondary N) is 1. The summed E-state index contributed by atoms with van der Waals surface area (Å²) in [6.45, 7) is -0.213. The van der Waals surface area contributed by atoms with Gasteiger partial charge in [0, 0.05) is 5.56 Å². The summed E-state index contributed by atoms with van der Waals surface area (Å²) in [6.07, 6.45) is 0. The lowest BCUT2D eigenvalue weighted by atomic mass is 10.1. The topological polar surface area (TPSA) is 69.6 Å². The Hall–Kier alpha value is -2.17. The highest BCUT2D eigenvalue weighted by molar-refractivity contribution is 5.94. The molecule has 0 aliphatic heterocycles. The van der Waals surface area contributed by atoms with Crippen molar-refractivity contribution in [2.45, 2.75) is 12.6 Å². The van der Waals surface area contributed by atoms with Gasteiger partial charge in [0.15, 0.2) is 0 Å². The van der Waals surface area contributed by atoms with Crippen molar-refractivity contribution >= 4 is 5.91 Å². The van der Waals surface area contributed by atoms with Gasteiger partial charge in [-0.2, -0.15) is 0 Å². The summed E-state index contributed by atoms with van der Waals surface area (Å²) in [7, 11) is 0. The van der Waals surface area contributed by atoms with E-state index in [1.165, 1.54) is 0 Å². The molecule has 4 heteroatoms. The Kier molecular flexibility index (Phi) is 4.87. The molecule has 0 aliphatic rings. The molecule has 1 atom stereocenters. The first-order valence-corrected chi connectivity index (χ1v) is 6.41. The Morgan fingerprint density at radius 3 is 2.20 bits per heavy atom. The Bertz CT molecular complexity index is 552. The summed E-state index contributed by atoms with van der Waals surface area (Å²) in [5.74, 6) is -0.252. The minimum atomic E-state index is -0.429. The summed E-state index contributed by atoms with van der Waals surface area (Å²) in [4.78, 5) is 12.1. The third kappa shape index (κ3) is 3.44. The molecular weight excluding hydrogens is 254 g/mol. The lowest BCUT2D eigenvalue weighted by Crippen LogP contribution is -2.30. The van der Waals surface area contributed by atoms with Crippen molar-refractivity contribution in [3.8, 4) is 0 Å². The molecule has 0 radical (unpaired) electrons. The molecule has 104 valence electrons. The molecule has 0 aromatic heterocycles. The molecule has 0 bridgehead atoms. The van der Waals surface area contributed by atoms with Gasteiger partial charge in [-0.15, -0.1) is 0 Å². The molecule has 0 saturated carbocycles. The third-order valence-electron chi connectivity index (χ3n) is 3.09. The quantitative estimate of drug-likeness (QED) is 0.774. The number of rotatable bonds is 5. The molecule has 4 nitrogen and oxygen atoms in total. The van der Waals surface area contributed by atoms with Crippen LogP contribution < -0.4 is 5.32 Å². The number of carbonyl (C=O) groups excluding carboxylic acids is 1. The molecule has 20 heavy (non-hydrogen) atoms. The van der Waals surface area contributed by atoms with Crippen molar-refractivity contribution in [1.29, 1.82) is 0 Å². The van der Waals surface area contributed by atoms with Crippen molar-refractivity contribution in [2.75, 3.05) is 6.61 Å². The first kappa shape index (κ1) is 14.2. The minimum absolute atomic E-state index is 0.0504. The summed E-state index contributed by atoms with van der Waals surface area (Å²) in [5, 5.41) is 21.2. The van der Waals surface area contributed by atoms with Crippen LogP contribution in [0.25, 0.3) is 0 Å². The molecule has 0 spiro atoms. The normalized spacial score (nSPS) is 11.9. The maximum absolute atomic E-state index is 12.1. The van der Waals surface area contributed by atoms with Gasteiger partial charge < -0.3 is 15.5 Å². The van der Waals surface area contributed by atoms with E-state index < -0.39 is 6.04 Å². The van der Waals surface area contributed by atoms with Crippen molar-refractivity contribution in [3.63, 3.8) is 0 Å². The molecule has 0 fully saturated rings. The van der Waals surface area contributed by atoms with Gasteiger partial charge in [0.25, 0.3) is 5.91 Å². The van der Waals surface area contributed by atoms with E-state index in [9.17, 15) is 9.90 Å². The second-order valence-corrected chi connectivity index (χ2v) is 4.47. The molecule has 0 aliphatic carbocycles. The zero-order valence-corrected chi connectivity index (χ0v) is 11.0. The Labute approximate surface area is 117 Å². The SMILES string of the molecule is O=C(N[C@H](CO)c1ccccc1)c1ccc(CO)cc1. The van der Waals surface area contributed by atoms with Crippen LogP contribution in [-0.4, -0.2) is 22.7 Å². The minimum Gasteiger partial charge on any atom is -0.394 e. The summed E-state index contributed by atoms with van der Waals surface area (Å²) in [6, 6.07) is 15.6. The van der Waals surface area contributed by atoms with Crippen LogP contribution in [0.2, 0.25) is 0 Å². The van der Waals surface area contributed by atoms with Crippen LogP contribution in [0.15, 0.2) is 54.6 Å². The monoisotopic (exact) mass is 271 g/mol. The lowest BCUT2D eigenvalue weighted by Gasteiger charge is -2.16. The van der Waals surface area contributed by atoms with E-state index in [4.69, 9.17) is 5.11 Å².